The van der Waals surface area contributed by atoms with Crippen LogP contribution in [0.1, 0.15) is 18.5 Å². The van der Waals surface area contributed by atoms with Gasteiger partial charge in [-0.15, -0.1) is 22.7 Å². The van der Waals surface area contributed by atoms with Gasteiger partial charge >= 0.3 is 0 Å². The maximum atomic E-state index is 5.71. The second-order valence-electron chi connectivity index (χ2n) is 5.24. The van der Waals surface area contributed by atoms with E-state index in [1.54, 1.807) is 35.1 Å². The van der Waals surface area contributed by atoms with E-state index in [0.717, 1.165) is 27.7 Å². The smallest absolute Gasteiger partial charge is 0.229 e. The molecule has 122 valence electrons. The van der Waals surface area contributed by atoms with Crippen LogP contribution in [-0.2, 0) is 11.3 Å². The van der Waals surface area contributed by atoms with Crippen molar-refractivity contribution in [3.63, 3.8) is 0 Å². The van der Waals surface area contributed by atoms with Crippen LogP contribution < -0.4 is 5.32 Å². The molecule has 24 heavy (non-hydrogen) atoms. The van der Waals surface area contributed by atoms with Crippen molar-refractivity contribution < 1.29 is 9.15 Å². The fraction of sp³-hybridized carbons (Fsp3) is 0.176. The Labute approximate surface area is 147 Å². The van der Waals surface area contributed by atoms with Gasteiger partial charge in [0.1, 0.15) is 23.6 Å². The Morgan fingerprint density at radius 2 is 2.29 bits per heavy atom. The van der Waals surface area contributed by atoms with E-state index in [0.29, 0.717) is 19.0 Å². The first-order chi connectivity index (χ1) is 11.8. The molecule has 0 saturated heterocycles. The highest BCUT2D eigenvalue weighted by Crippen LogP contribution is 2.28. The Bertz CT molecular complexity index is 877. The van der Waals surface area contributed by atoms with Crippen LogP contribution in [0.15, 0.2) is 57.3 Å². The summed E-state index contributed by atoms with van der Waals surface area (Å²) in [6.07, 6.45) is 5.22. The molecule has 3 aromatic rings. The van der Waals surface area contributed by atoms with Crippen molar-refractivity contribution in [2.45, 2.75) is 13.5 Å². The number of hydrogen-bond donors (Lipinski definition) is 1. The lowest BCUT2D eigenvalue weighted by atomic mass is 10.1. The zero-order chi connectivity index (χ0) is 16.4. The predicted molar refractivity (Wildman–Crippen MR) is 95.4 cm³/mol. The highest BCUT2D eigenvalue weighted by atomic mass is 32.1. The number of nitrogens with one attached hydrogen (secondary N) is 1. The third-order valence-electron chi connectivity index (χ3n) is 3.59. The van der Waals surface area contributed by atoms with E-state index < -0.39 is 0 Å². The van der Waals surface area contributed by atoms with E-state index in [2.05, 4.69) is 32.1 Å². The quantitative estimate of drug-likeness (QED) is 0.738. The lowest BCUT2D eigenvalue weighted by Crippen LogP contribution is -2.20. The number of thiazole rings is 1. The summed E-state index contributed by atoms with van der Waals surface area (Å²) in [7, 11) is 0. The minimum absolute atomic E-state index is 0.512. The molecule has 0 bridgehead atoms. The predicted octanol–water partition coefficient (Wildman–Crippen LogP) is 4.29. The number of thiophene rings is 1. The summed E-state index contributed by atoms with van der Waals surface area (Å²) in [5.41, 5.74) is 2.87. The Kier molecular flexibility index (Phi) is 4.18. The first kappa shape index (κ1) is 15.2. The van der Waals surface area contributed by atoms with Crippen LogP contribution in [0.2, 0.25) is 0 Å². The number of hydrogen-bond acceptors (Lipinski definition) is 7. The van der Waals surface area contributed by atoms with Crippen LogP contribution in [-0.4, -0.2) is 16.6 Å². The average Bonchev–Trinajstić information content (AvgIpc) is 3.34. The molecule has 0 atom stereocenters. The molecule has 0 amide bonds. The molecule has 4 rings (SSSR count). The van der Waals surface area contributed by atoms with Gasteiger partial charge in [-0.3, -0.25) is 0 Å². The minimum atomic E-state index is 0.512. The number of ether oxygens (including phenoxy) is 1. The molecule has 1 aliphatic rings. The molecule has 3 aromatic heterocycles. The van der Waals surface area contributed by atoms with Gasteiger partial charge in [-0.2, -0.15) is 0 Å². The molecule has 1 N–H and O–H groups in total. The van der Waals surface area contributed by atoms with E-state index in [1.807, 2.05) is 19.1 Å². The number of aromatic nitrogens is 2. The molecule has 0 aromatic carbocycles. The molecule has 0 spiro atoms. The number of oxazole rings is 1. The van der Waals surface area contributed by atoms with Crippen LogP contribution in [0.3, 0.4) is 0 Å². The van der Waals surface area contributed by atoms with Gasteiger partial charge < -0.3 is 14.5 Å². The summed E-state index contributed by atoms with van der Waals surface area (Å²) in [5, 5.41) is 8.60. The number of nitrogens with zero attached hydrogens (tertiary/aromatic N) is 2. The molecule has 4 heterocycles. The number of allylic oxidation sites excluding steroid dienone is 3. The average molecular weight is 357 g/mol. The Balaban J connectivity index is 1.45. The molecular weight excluding hydrogens is 342 g/mol. The van der Waals surface area contributed by atoms with E-state index in [-0.39, 0.29) is 0 Å². The lowest BCUT2D eigenvalue weighted by Gasteiger charge is -2.18. The summed E-state index contributed by atoms with van der Waals surface area (Å²) in [6.45, 7) is 3.09. The summed E-state index contributed by atoms with van der Waals surface area (Å²) >= 11 is 3.37. The van der Waals surface area contributed by atoms with Gasteiger partial charge in [0.05, 0.1) is 34.6 Å². The first-order valence-electron chi connectivity index (χ1n) is 7.46. The molecule has 1 aliphatic heterocycles. The van der Waals surface area contributed by atoms with Crippen LogP contribution in [0.25, 0.3) is 15.5 Å². The second kappa shape index (κ2) is 6.62. The van der Waals surface area contributed by atoms with Gasteiger partial charge in [0.15, 0.2) is 0 Å². The molecule has 0 unspecified atom stereocenters. The second-order valence-corrected chi connectivity index (χ2v) is 7.05. The Morgan fingerprint density at radius 1 is 1.33 bits per heavy atom. The zero-order valence-electron chi connectivity index (χ0n) is 13.0. The Hall–Kier alpha value is -2.38. The third-order valence-corrected chi connectivity index (χ3v) is 5.52. The molecular formula is C17H15N3O2S2. The van der Waals surface area contributed by atoms with E-state index in [1.165, 1.54) is 4.88 Å². The summed E-state index contributed by atoms with van der Waals surface area (Å²) in [5.74, 6) is 1.39. The van der Waals surface area contributed by atoms with E-state index in [4.69, 9.17) is 9.15 Å². The molecule has 5 nitrogen and oxygen atoms in total. The van der Waals surface area contributed by atoms with Crippen LogP contribution in [0, 0.1) is 0 Å². The van der Waals surface area contributed by atoms with Crippen LogP contribution in [0.4, 0.5) is 0 Å². The van der Waals surface area contributed by atoms with Gasteiger partial charge in [-0.25, -0.2) is 9.97 Å². The number of rotatable bonds is 5. The fourth-order valence-corrected chi connectivity index (χ4v) is 3.99. The van der Waals surface area contributed by atoms with Gasteiger partial charge in [-0.05, 0) is 24.4 Å². The van der Waals surface area contributed by atoms with Crippen molar-refractivity contribution in [3.05, 3.63) is 64.5 Å². The zero-order valence-corrected chi connectivity index (χ0v) is 14.6. The largest absolute Gasteiger partial charge is 0.491 e. The van der Waals surface area contributed by atoms with E-state index in [9.17, 15) is 0 Å². The minimum Gasteiger partial charge on any atom is -0.491 e. The summed E-state index contributed by atoms with van der Waals surface area (Å²) < 4.78 is 11.1. The first-order valence-corrected chi connectivity index (χ1v) is 9.22. The highest BCUT2D eigenvalue weighted by molar-refractivity contribution is 7.20. The molecule has 0 saturated carbocycles. The maximum absolute atomic E-state index is 5.71. The van der Waals surface area contributed by atoms with Gasteiger partial charge in [0.25, 0.3) is 0 Å². The summed E-state index contributed by atoms with van der Waals surface area (Å²) in [6, 6.07) is 4.14. The fourth-order valence-electron chi connectivity index (χ4n) is 2.36. The van der Waals surface area contributed by atoms with Crippen molar-refractivity contribution >= 4 is 28.2 Å². The standard InChI is InChI=1S/C17H15N3O2S2/c1-11-14(16-18-4-5-21-16)7-12(9-22-11)19-8-13-10-24-17(20-13)15-3-2-6-23-15/h2-7,10,19H,8-9H2,1H3. The van der Waals surface area contributed by atoms with Crippen LogP contribution in [0.5, 0.6) is 0 Å². The highest BCUT2D eigenvalue weighted by Gasteiger charge is 2.16. The Morgan fingerprint density at radius 3 is 3.08 bits per heavy atom. The van der Waals surface area contributed by atoms with Gasteiger partial charge in [0, 0.05) is 5.38 Å². The van der Waals surface area contributed by atoms with Crippen molar-refractivity contribution in [1.29, 1.82) is 0 Å². The third kappa shape index (κ3) is 3.13. The van der Waals surface area contributed by atoms with Gasteiger partial charge in [-0.1, -0.05) is 6.07 Å². The van der Waals surface area contributed by atoms with Crippen LogP contribution >= 0.6 is 22.7 Å². The van der Waals surface area contributed by atoms with Crippen molar-refractivity contribution in [2.75, 3.05) is 6.61 Å². The monoisotopic (exact) mass is 357 g/mol. The molecule has 0 aliphatic carbocycles. The molecule has 0 fully saturated rings. The van der Waals surface area contributed by atoms with E-state index >= 15 is 0 Å². The van der Waals surface area contributed by atoms with Gasteiger partial charge in [0.2, 0.25) is 5.89 Å². The maximum Gasteiger partial charge on any atom is 0.229 e. The molecule has 0 radical (unpaired) electrons. The normalized spacial score (nSPS) is 14.5. The lowest BCUT2D eigenvalue weighted by molar-refractivity contribution is 0.232. The van der Waals surface area contributed by atoms with Crippen molar-refractivity contribution in [1.82, 2.24) is 15.3 Å². The molecule has 7 heteroatoms. The summed E-state index contributed by atoms with van der Waals surface area (Å²) in [4.78, 5) is 10.1. The SMILES string of the molecule is CC1=C(c2ncco2)C=C(NCc2csc(-c3cccs3)n2)CO1. The van der Waals surface area contributed by atoms with Crippen molar-refractivity contribution in [3.8, 4) is 9.88 Å². The topological polar surface area (TPSA) is 60.2 Å². The van der Waals surface area contributed by atoms with Crippen molar-refractivity contribution in [2.24, 2.45) is 0 Å².